The molecule has 0 fully saturated rings. The van der Waals surface area contributed by atoms with Crippen molar-refractivity contribution in [2.45, 2.75) is 58.4 Å². The first-order valence-corrected chi connectivity index (χ1v) is 11.7. The molecule has 0 heterocycles. The Morgan fingerprint density at radius 1 is 1.13 bits per heavy atom. The number of carbonyl (C=O) groups is 2. The lowest BCUT2D eigenvalue weighted by atomic mass is 10.1. The van der Waals surface area contributed by atoms with Gasteiger partial charge in [0.15, 0.2) is 6.61 Å². The third-order valence-corrected chi connectivity index (χ3v) is 4.66. The maximum absolute atomic E-state index is 12.3. The fraction of sp³-hybridized carbons (Fsp3) is 0.600. The minimum absolute atomic E-state index is 0.233. The van der Waals surface area contributed by atoms with E-state index in [1.807, 2.05) is 0 Å². The Labute approximate surface area is 177 Å². The minimum Gasteiger partial charge on any atom is -0.482 e. The summed E-state index contributed by atoms with van der Waals surface area (Å²) in [7, 11) is -4.71. The highest BCUT2D eigenvalue weighted by Crippen LogP contribution is 2.37. The number of esters is 1. The van der Waals surface area contributed by atoms with Crippen LogP contribution >= 0.6 is 7.82 Å². The summed E-state index contributed by atoms with van der Waals surface area (Å²) in [4.78, 5) is 41.8. The van der Waals surface area contributed by atoms with Gasteiger partial charge in [0.25, 0.3) is 0 Å². The van der Waals surface area contributed by atoms with Gasteiger partial charge in [-0.1, -0.05) is 44.7 Å². The normalized spacial score (nSPS) is 12.3. The highest BCUT2D eigenvalue weighted by Gasteiger charge is 2.21. The lowest BCUT2D eigenvalue weighted by molar-refractivity contribution is -0.145. The molecule has 10 heteroatoms. The predicted molar refractivity (Wildman–Crippen MR) is 111 cm³/mol. The second-order valence-corrected chi connectivity index (χ2v) is 7.98. The lowest BCUT2D eigenvalue weighted by Crippen LogP contribution is -2.31. The summed E-state index contributed by atoms with van der Waals surface area (Å²) >= 11 is 0. The molecule has 1 rings (SSSR count). The number of phosphoric acid groups is 1. The SMILES string of the molecule is CCCCCCCC(=O)NC(COP(=O)(O)O)c1cccc(OCC(=O)OCC)c1. The van der Waals surface area contributed by atoms with Gasteiger partial charge in [0, 0.05) is 6.42 Å². The molecule has 0 aliphatic carbocycles. The summed E-state index contributed by atoms with van der Waals surface area (Å²) in [5.74, 6) is -0.389. The van der Waals surface area contributed by atoms with Crippen molar-refractivity contribution in [3.8, 4) is 5.75 Å². The van der Waals surface area contributed by atoms with E-state index in [2.05, 4.69) is 16.8 Å². The van der Waals surface area contributed by atoms with Crippen LogP contribution in [0.25, 0.3) is 0 Å². The molecule has 0 saturated carbocycles. The van der Waals surface area contributed by atoms with Gasteiger partial charge in [-0.05, 0) is 31.0 Å². The summed E-state index contributed by atoms with van der Waals surface area (Å²) in [6, 6.07) is 5.74. The van der Waals surface area contributed by atoms with E-state index in [1.54, 1.807) is 31.2 Å². The zero-order valence-corrected chi connectivity index (χ0v) is 18.4. The molecule has 30 heavy (non-hydrogen) atoms. The summed E-state index contributed by atoms with van der Waals surface area (Å²) < 4.78 is 25.9. The van der Waals surface area contributed by atoms with Crippen molar-refractivity contribution in [3.63, 3.8) is 0 Å². The summed E-state index contributed by atoms with van der Waals surface area (Å²) in [5.41, 5.74) is 0.532. The van der Waals surface area contributed by atoms with Gasteiger partial charge < -0.3 is 24.6 Å². The molecule has 1 aromatic carbocycles. The van der Waals surface area contributed by atoms with Crippen LogP contribution in [0.2, 0.25) is 0 Å². The average molecular weight is 445 g/mol. The number of hydrogen-bond acceptors (Lipinski definition) is 6. The van der Waals surface area contributed by atoms with Gasteiger partial charge in [-0.15, -0.1) is 0 Å². The van der Waals surface area contributed by atoms with E-state index in [1.165, 1.54) is 0 Å². The molecule has 0 spiro atoms. The number of rotatable bonds is 15. The van der Waals surface area contributed by atoms with Gasteiger partial charge in [0.2, 0.25) is 5.91 Å². The quantitative estimate of drug-likeness (QED) is 0.213. The van der Waals surface area contributed by atoms with E-state index in [4.69, 9.17) is 19.3 Å². The van der Waals surface area contributed by atoms with Crippen LogP contribution in [0.4, 0.5) is 0 Å². The summed E-state index contributed by atoms with van der Waals surface area (Å²) in [6.07, 6.45) is 5.30. The molecular formula is C20H32NO8P. The monoisotopic (exact) mass is 445 g/mol. The third kappa shape index (κ3) is 11.9. The van der Waals surface area contributed by atoms with E-state index in [0.717, 1.165) is 32.1 Å². The van der Waals surface area contributed by atoms with Gasteiger partial charge in [0.05, 0.1) is 19.3 Å². The first-order valence-electron chi connectivity index (χ1n) is 10.1. The molecule has 0 aliphatic heterocycles. The fourth-order valence-electron chi connectivity index (χ4n) is 2.71. The molecule has 0 aliphatic rings. The van der Waals surface area contributed by atoms with Crippen molar-refractivity contribution in [2.75, 3.05) is 19.8 Å². The predicted octanol–water partition coefficient (Wildman–Crippen LogP) is 3.26. The molecule has 1 atom stereocenters. The largest absolute Gasteiger partial charge is 0.482 e. The Balaban J connectivity index is 2.76. The van der Waals surface area contributed by atoms with Gasteiger partial charge in [0.1, 0.15) is 5.75 Å². The van der Waals surface area contributed by atoms with Gasteiger partial charge >= 0.3 is 13.8 Å². The molecule has 0 bridgehead atoms. The topological polar surface area (TPSA) is 131 Å². The molecule has 1 aromatic rings. The molecule has 1 amide bonds. The number of carbonyl (C=O) groups excluding carboxylic acids is 2. The standard InChI is InChI=1S/C20H32NO8P/c1-3-5-6-7-8-12-19(22)21-18(14-29-30(24,25)26)16-10-9-11-17(13-16)28-15-20(23)27-4-2/h9-11,13,18H,3-8,12,14-15H2,1-2H3,(H,21,22)(H2,24,25,26). The second-order valence-electron chi connectivity index (χ2n) is 6.74. The van der Waals surface area contributed by atoms with E-state index in [9.17, 15) is 14.2 Å². The van der Waals surface area contributed by atoms with Crippen molar-refractivity contribution >= 4 is 19.7 Å². The molecule has 0 saturated heterocycles. The van der Waals surface area contributed by atoms with Crippen LogP contribution in [0.5, 0.6) is 5.75 Å². The first-order chi connectivity index (χ1) is 14.2. The first kappa shape index (κ1) is 26.1. The highest BCUT2D eigenvalue weighted by atomic mass is 31.2. The Kier molecular flexibility index (Phi) is 12.3. The summed E-state index contributed by atoms with van der Waals surface area (Å²) in [5, 5.41) is 2.75. The van der Waals surface area contributed by atoms with Crippen LogP contribution in [0.15, 0.2) is 24.3 Å². The zero-order chi connectivity index (χ0) is 22.4. The van der Waals surface area contributed by atoms with E-state index in [0.29, 0.717) is 17.7 Å². The third-order valence-electron chi connectivity index (χ3n) is 4.17. The van der Waals surface area contributed by atoms with E-state index in [-0.39, 0.29) is 19.1 Å². The number of amides is 1. The number of hydrogen-bond donors (Lipinski definition) is 3. The summed E-state index contributed by atoms with van der Waals surface area (Å²) in [6.45, 7) is 3.37. The maximum atomic E-state index is 12.3. The molecular weight excluding hydrogens is 413 g/mol. The Morgan fingerprint density at radius 2 is 1.87 bits per heavy atom. The number of benzene rings is 1. The number of unbranched alkanes of at least 4 members (excludes halogenated alkanes) is 4. The average Bonchev–Trinajstić information content (AvgIpc) is 2.69. The van der Waals surface area contributed by atoms with Gasteiger partial charge in [-0.2, -0.15) is 0 Å². The lowest BCUT2D eigenvalue weighted by Gasteiger charge is -2.20. The van der Waals surface area contributed by atoms with Crippen LogP contribution in [-0.4, -0.2) is 41.5 Å². The van der Waals surface area contributed by atoms with Crippen LogP contribution in [0.1, 0.15) is 64.0 Å². The van der Waals surface area contributed by atoms with Crippen molar-refractivity contribution in [1.82, 2.24) is 5.32 Å². The molecule has 3 N–H and O–H groups in total. The van der Waals surface area contributed by atoms with Crippen LogP contribution < -0.4 is 10.1 Å². The number of nitrogens with one attached hydrogen (secondary N) is 1. The molecule has 0 radical (unpaired) electrons. The van der Waals surface area contributed by atoms with Gasteiger partial charge in [-0.25, -0.2) is 9.36 Å². The Hall–Kier alpha value is -1.93. The van der Waals surface area contributed by atoms with Crippen molar-refractivity contribution < 1.29 is 37.9 Å². The minimum atomic E-state index is -4.71. The van der Waals surface area contributed by atoms with Crippen molar-refractivity contribution in [3.05, 3.63) is 29.8 Å². The molecule has 9 nitrogen and oxygen atoms in total. The van der Waals surface area contributed by atoms with E-state index >= 15 is 0 Å². The molecule has 0 aromatic heterocycles. The van der Waals surface area contributed by atoms with Gasteiger partial charge in [-0.3, -0.25) is 9.32 Å². The number of phosphoric ester groups is 1. The second kappa shape index (κ2) is 14.1. The maximum Gasteiger partial charge on any atom is 0.469 e. The molecule has 1 unspecified atom stereocenters. The smallest absolute Gasteiger partial charge is 0.469 e. The zero-order valence-electron chi connectivity index (χ0n) is 17.5. The Morgan fingerprint density at radius 3 is 2.53 bits per heavy atom. The van der Waals surface area contributed by atoms with Crippen molar-refractivity contribution in [1.29, 1.82) is 0 Å². The van der Waals surface area contributed by atoms with Crippen LogP contribution in [0, 0.1) is 0 Å². The Bertz CT molecular complexity index is 706. The number of ether oxygens (including phenoxy) is 2. The van der Waals surface area contributed by atoms with Crippen LogP contribution in [0.3, 0.4) is 0 Å². The fourth-order valence-corrected chi connectivity index (χ4v) is 3.06. The highest BCUT2D eigenvalue weighted by molar-refractivity contribution is 7.46. The van der Waals surface area contributed by atoms with Crippen LogP contribution in [-0.2, 0) is 23.4 Å². The van der Waals surface area contributed by atoms with E-state index < -0.39 is 26.4 Å². The molecule has 170 valence electrons. The van der Waals surface area contributed by atoms with Crippen molar-refractivity contribution in [2.24, 2.45) is 0 Å².